The van der Waals surface area contributed by atoms with Crippen molar-refractivity contribution in [1.29, 1.82) is 0 Å². The molecule has 6 nitrogen and oxygen atoms in total. The van der Waals surface area contributed by atoms with Crippen LogP contribution in [0.5, 0.6) is 0 Å². The van der Waals surface area contributed by atoms with Crippen LogP contribution in [0.2, 0.25) is 5.02 Å². The maximum absolute atomic E-state index is 12.5. The van der Waals surface area contributed by atoms with Gasteiger partial charge in [-0.15, -0.1) is 0 Å². The van der Waals surface area contributed by atoms with Gasteiger partial charge in [0.05, 0.1) is 18.6 Å². The molecule has 0 aliphatic heterocycles. The molecule has 2 rings (SSSR count). The van der Waals surface area contributed by atoms with E-state index in [4.69, 9.17) is 16.0 Å². The Morgan fingerprint density at radius 3 is 2.46 bits per heavy atom. The van der Waals surface area contributed by atoms with Crippen molar-refractivity contribution in [3.8, 4) is 0 Å². The summed E-state index contributed by atoms with van der Waals surface area (Å²) in [5.41, 5.74) is 0.598. The van der Waals surface area contributed by atoms with E-state index >= 15 is 0 Å². The van der Waals surface area contributed by atoms with E-state index in [2.05, 4.69) is 10.0 Å². The zero-order valence-corrected chi connectivity index (χ0v) is 16.3. The van der Waals surface area contributed by atoms with Crippen LogP contribution in [0.25, 0.3) is 0 Å². The van der Waals surface area contributed by atoms with Gasteiger partial charge in [-0.3, -0.25) is 4.79 Å². The number of hydrogen-bond donors (Lipinski definition) is 2. The highest BCUT2D eigenvalue weighted by Gasteiger charge is 2.25. The van der Waals surface area contributed by atoms with E-state index in [1.807, 2.05) is 13.8 Å². The monoisotopic (exact) mass is 398 g/mol. The number of carbonyl (C=O) groups excluding carboxylic acids is 1. The molecule has 0 fully saturated rings. The lowest BCUT2D eigenvalue weighted by Crippen LogP contribution is -2.47. The molecule has 0 aliphatic rings. The van der Waals surface area contributed by atoms with Gasteiger partial charge in [0.2, 0.25) is 15.9 Å². The molecule has 1 amide bonds. The van der Waals surface area contributed by atoms with Gasteiger partial charge in [-0.2, -0.15) is 0 Å². The lowest BCUT2D eigenvalue weighted by atomic mass is 10.0. The normalized spacial score (nSPS) is 12.9. The zero-order chi connectivity index (χ0) is 19.2. The Morgan fingerprint density at radius 2 is 1.88 bits per heavy atom. The van der Waals surface area contributed by atoms with E-state index < -0.39 is 16.1 Å². The minimum absolute atomic E-state index is 0.146. The van der Waals surface area contributed by atoms with Crippen molar-refractivity contribution in [2.75, 3.05) is 0 Å². The topological polar surface area (TPSA) is 88.4 Å². The van der Waals surface area contributed by atoms with Gasteiger partial charge in [0.1, 0.15) is 11.8 Å². The molecule has 2 N–H and O–H groups in total. The highest BCUT2D eigenvalue weighted by molar-refractivity contribution is 7.88. The molecular formula is C18H23ClN2O4S. The highest BCUT2D eigenvalue weighted by atomic mass is 35.5. The summed E-state index contributed by atoms with van der Waals surface area (Å²) in [6, 6.07) is 9.18. The van der Waals surface area contributed by atoms with E-state index in [1.54, 1.807) is 36.4 Å². The molecule has 0 radical (unpaired) electrons. The number of amides is 1. The van der Waals surface area contributed by atoms with E-state index in [0.29, 0.717) is 22.8 Å². The van der Waals surface area contributed by atoms with E-state index in [0.717, 1.165) is 0 Å². The lowest BCUT2D eigenvalue weighted by Gasteiger charge is -2.20. The number of nitrogens with one attached hydrogen (secondary N) is 2. The summed E-state index contributed by atoms with van der Waals surface area (Å²) in [4.78, 5) is 12.5. The summed E-state index contributed by atoms with van der Waals surface area (Å²) in [6.07, 6.45) is 1.91. The SMILES string of the molecule is CC(C)C[C@H](NS(=O)(=O)Cc1ccc(Cl)cc1)C(=O)NCc1ccco1. The molecule has 1 aromatic heterocycles. The molecule has 0 unspecified atom stereocenters. The zero-order valence-electron chi connectivity index (χ0n) is 14.7. The second-order valence-electron chi connectivity index (χ2n) is 6.48. The Morgan fingerprint density at radius 1 is 1.19 bits per heavy atom. The number of benzene rings is 1. The van der Waals surface area contributed by atoms with E-state index in [1.165, 1.54) is 6.26 Å². The summed E-state index contributed by atoms with van der Waals surface area (Å²) in [6.45, 7) is 4.07. The van der Waals surface area contributed by atoms with Gasteiger partial charge in [-0.25, -0.2) is 13.1 Å². The third-order valence-corrected chi connectivity index (χ3v) is 5.24. The minimum atomic E-state index is -3.69. The predicted octanol–water partition coefficient (Wildman–Crippen LogP) is 3.08. The van der Waals surface area contributed by atoms with E-state index in [9.17, 15) is 13.2 Å². The molecule has 0 bridgehead atoms. The number of hydrogen-bond acceptors (Lipinski definition) is 4. The first-order valence-electron chi connectivity index (χ1n) is 8.29. The second kappa shape index (κ2) is 9.21. The Hall–Kier alpha value is -1.83. The number of rotatable bonds is 9. The van der Waals surface area contributed by atoms with Crippen LogP contribution in [0, 0.1) is 5.92 Å². The lowest BCUT2D eigenvalue weighted by molar-refractivity contribution is -0.123. The molecule has 0 saturated carbocycles. The van der Waals surface area contributed by atoms with Crippen LogP contribution in [0.4, 0.5) is 0 Å². The summed E-state index contributed by atoms with van der Waals surface area (Å²) in [7, 11) is -3.69. The summed E-state index contributed by atoms with van der Waals surface area (Å²) in [5.74, 6) is 0.151. The Balaban J connectivity index is 2.02. The largest absolute Gasteiger partial charge is 0.467 e. The van der Waals surface area contributed by atoms with Gasteiger partial charge >= 0.3 is 0 Å². The molecule has 1 aromatic carbocycles. The van der Waals surface area contributed by atoms with Crippen molar-refractivity contribution in [2.24, 2.45) is 5.92 Å². The molecule has 0 saturated heterocycles. The average Bonchev–Trinajstić information content (AvgIpc) is 3.06. The summed E-state index contributed by atoms with van der Waals surface area (Å²) >= 11 is 5.82. The van der Waals surface area contributed by atoms with Gasteiger partial charge in [0, 0.05) is 5.02 Å². The average molecular weight is 399 g/mol. The van der Waals surface area contributed by atoms with Gasteiger partial charge < -0.3 is 9.73 Å². The van der Waals surface area contributed by atoms with Gasteiger partial charge in [0.15, 0.2) is 0 Å². The maximum atomic E-state index is 12.5. The first-order valence-corrected chi connectivity index (χ1v) is 10.3. The quantitative estimate of drug-likeness (QED) is 0.679. The first kappa shape index (κ1) is 20.5. The fraction of sp³-hybridized carbons (Fsp3) is 0.389. The van der Waals surface area contributed by atoms with Gasteiger partial charge in [-0.1, -0.05) is 37.6 Å². The first-order chi connectivity index (χ1) is 12.2. The fourth-order valence-electron chi connectivity index (χ4n) is 2.45. The molecule has 142 valence electrons. The van der Waals surface area contributed by atoms with Crippen LogP contribution in [0.3, 0.4) is 0 Å². The Kier molecular flexibility index (Phi) is 7.25. The third-order valence-electron chi connectivity index (χ3n) is 3.63. The standard InChI is InChI=1S/C18H23ClN2O4S/c1-13(2)10-17(18(22)20-11-16-4-3-9-25-16)21-26(23,24)12-14-5-7-15(19)8-6-14/h3-9,13,17,21H,10-12H2,1-2H3,(H,20,22)/t17-/m0/s1. The number of carbonyl (C=O) groups is 1. The van der Waals surface area contributed by atoms with Crippen LogP contribution < -0.4 is 10.0 Å². The van der Waals surface area contributed by atoms with Crippen molar-refractivity contribution in [3.05, 3.63) is 59.0 Å². The van der Waals surface area contributed by atoms with Crippen molar-refractivity contribution < 1.29 is 17.6 Å². The van der Waals surface area contributed by atoms with Crippen molar-refractivity contribution in [1.82, 2.24) is 10.0 Å². The predicted molar refractivity (Wildman–Crippen MR) is 101 cm³/mol. The Bertz CT molecular complexity index is 802. The van der Waals surface area contributed by atoms with Crippen LogP contribution in [0.15, 0.2) is 47.1 Å². The van der Waals surface area contributed by atoms with Gasteiger partial charge in [-0.05, 0) is 42.2 Å². The third kappa shape index (κ3) is 6.82. The molecule has 2 aromatic rings. The number of furan rings is 1. The maximum Gasteiger partial charge on any atom is 0.238 e. The second-order valence-corrected chi connectivity index (χ2v) is 8.67. The number of halogens is 1. The molecule has 0 aliphatic carbocycles. The molecule has 1 atom stereocenters. The highest BCUT2D eigenvalue weighted by Crippen LogP contribution is 2.13. The smallest absolute Gasteiger partial charge is 0.238 e. The van der Waals surface area contributed by atoms with Crippen molar-refractivity contribution in [3.63, 3.8) is 0 Å². The van der Waals surface area contributed by atoms with Crippen LogP contribution >= 0.6 is 11.6 Å². The Labute approximate surface area is 159 Å². The van der Waals surface area contributed by atoms with Crippen LogP contribution in [0.1, 0.15) is 31.6 Å². The van der Waals surface area contributed by atoms with Gasteiger partial charge in [0.25, 0.3) is 0 Å². The van der Waals surface area contributed by atoms with Crippen LogP contribution in [-0.4, -0.2) is 20.4 Å². The van der Waals surface area contributed by atoms with Crippen molar-refractivity contribution >= 4 is 27.5 Å². The molecule has 1 heterocycles. The summed E-state index contributed by atoms with van der Waals surface area (Å²) in [5, 5.41) is 3.24. The fourth-order valence-corrected chi connectivity index (χ4v) is 3.93. The number of sulfonamides is 1. The van der Waals surface area contributed by atoms with Crippen LogP contribution in [-0.2, 0) is 27.1 Å². The van der Waals surface area contributed by atoms with E-state index in [-0.39, 0.29) is 24.1 Å². The molecular weight excluding hydrogens is 376 g/mol. The minimum Gasteiger partial charge on any atom is -0.467 e. The molecule has 0 spiro atoms. The molecule has 26 heavy (non-hydrogen) atoms. The molecule has 8 heteroatoms. The summed E-state index contributed by atoms with van der Waals surface area (Å²) < 4.78 is 32.6. The van der Waals surface area contributed by atoms with Crippen molar-refractivity contribution in [2.45, 2.75) is 38.6 Å².